The van der Waals surface area contributed by atoms with Gasteiger partial charge >= 0.3 is 0 Å². The van der Waals surface area contributed by atoms with E-state index in [9.17, 15) is 4.39 Å². The van der Waals surface area contributed by atoms with Gasteiger partial charge in [-0.1, -0.05) is 31.2 Å². The maximum Gasteiger partial charge on any atom is 0.213 e. The number of ether oxygens (including phenoxy) is 1. The number of halogens is 1. The van der Waals surface area contributed by atoms with E-state index >= 15 is 0 Å². The van der Waals surface area contributed by atoms with Gasteiger partial charge in [0.25, 0.3) is 0 Å². The minimum atomic E-state index is -0.250. The molecule has 1 aliphatic rings. The summed E-state index contributed by atoms with van der Waals surface area (Å²) in [4.78, 5) is 4.39. The number of aromatic nitrogens is 1. The summed E-state index contributed by atoms with van der Waals surface area (Å²) in [5.41, 5.74) is 7.69. The lowest BCUT2D eigenvalue weighted by Gasteiger charge is -2.13. The summed E-state index contributed by atoms with van der Waals surface area (Å²) in [6.07, 6.45) is 4.04. The number of benzene rings is 2. The first-order chi connectivity index (χ1) is 13.0. The first-order valence-corrected chi connectivity index (χ1v) is 9.47. The number of pyridine rings is 1. The van der Waals surface area contributed by atoms with Crippen molar-refractivity contribution in [1.29, 1.82) is 0 Å². The average Bonchev–Trinajstić information content (AvgIpc) is 3.01. The number of aryl methyl sites for hydroxylation is 2. The van der Waals surface area contributed by atoms with Crippen LogP contribution in [0.15, 0.2) is 48.7 Å². The zero-order chi connectivity index (χ0) is 19.0. The fourth-order valence-corrected chi connectivity index (χ4v) is 4.04. The molecule has 1 unspecified atom stereocenters. The van der Waals surface area contributed by atoms with Gasteiger partial charge in [-0.05, 0) is 78.1 Å². The smallest absolute Gasteiger partial charge is 0.213 e. The van der Waals surface area contributed by atoms with Crippen molar-refractivity contribution in [2.45, 2.75) is 40.2 Å². The van der Waals surface area contributed by atoms with Crippen LogP contribution in [-0.4, -0.2) is 4.98 Å². The van der Waals surface area contributed by atoms with Crippen LogP contribution in [0.2, 0.25) is 0 Å². The van der Waals surface area contributed by atoms with Gasteiger partial charge in [0.15, 0.2) is 0 Å². The molecule has 0 N–H and O–H groups in total. The van der Waals surface area contributed by atoms with E-state index in [1.165, 1.54) is 28.3 Å². The summed E-state index contributed by atoms with van der Waals surface area (Å²) >= 11 is 0. The molecule has 4 rings (SSSR count). The minimum absolute atomic E-state index is 0.173. The quantitative estimate of drug-likeness (QED) is 0.584. The van der Waals surface area contributed by atoms with Gasteiger partial charge in [0.05, 0.1) is 0 Å². The second kappa shape index (κ2) is 7.15. The Kier molecular flexibility index (Phi) is 4.69. The van der Waals surface area contributed by atoms with E-state index in [-0.39, 0.29) is 12.4 Å². The maximum atomic E-state index is 14.4. The van der Waals surface area contributed by atoms with Crippen LogP contribution in [-0.2, 0) is 19.4 Å². The van der Waals surface area contributed by atoms with Gasteiger partial charge in [-0.15, -0.1) is 0 Å². The molecule has 0 spiro atoms. The van der Waals surface area contributed by atoms with Crippen LogP contribution in [0.5, 0.6) is 5.88 Å². The highest BCUT2D eigenvalue weighted by Gasteiger charge is 2.19. The van der Waals surface area contributed by atoms with E-state index in [0.717, 1.165) is 24.0 Å². The fourth-order valence-electron chi connectivity index (χ4n) is 4.04. The molecule has 138 valence electrons. The molecule has 0 saturated carbocycles. The molecule has 2 aromatic carbocycles. The molecule has 1 aliphatic carbocycles. The van der Waals surface area contributed by atoms with Gasteiger partial charge in [-0.25, -0.2) is 9.37 Å². The van der Waals surface area contributed by atoms with Crippen molar-refractivity contribution in [1.82, 2.24) is 4.98 Å². The second-order valence-electron chi connectivity index (χ2n) is 7.67. The summed E-state index contributed by atoms with van der Waals surface area (Å²) < 4.78 is 20.2. The molecular formula is C24H24FNO. The van der Waals surface area contributed by atoms with Crippen molar-refractivity contribution in [3.63, 3.8) is 0 Å². The van der Waals surface area contributed by atoms with Crippen LogP contribution in [0.1, 0.15) is 34.7 Å². The van der Waals surface area contributed by atoms with Gasteiger partial charge in [-0.3, -0.25) is 0 Å². The molecule has 0 radical (unpaired) electrons. The summed E-state index contributed by atoms with van der Waals surface area (Å²) in [5, 5.41) is 0. The third-order valence-corrected chi connectivity index (χ3v) is 5.39. The Morgan fingerprint density at radius 1 is 1.04 bits per heavy atom. The van der Waals surface area contributed by atoms with Crippen LogP contribution in [0, 0.1) is 25.6 Å². The summed E-state index contributed by atoms with van der Waals surface area (Å²) in [6, 6.07) is 13.5. The third-order valence-electron chi connectivity index (χ3n) is 5.39. The van der Waals surface area contributed by atoms with E-state index in [4.69, 9.17) is 4.74 Å². The molecule has 2 nitrogen and oxygen atoms in total. The molecule has 1 heterocycles. The Bertz CT molecular complexity index is 975. The molecule has 0 bridgehead atoms. The van der Waals surface area contributed by atoms with Crippen LogP contribution >= 0.6 is 0 Å². The Morgan fingerprint density at radius 3 is 2.56 bits per heavy atom. The van der Waals surface area contributed by atoms with E-state index in [1.807, 2.05) is 30.5 Å². The summed E-state index contributed by atoms with van der Waals surface area (Å²) in [5.74, 6) is 0.975. The highest BCUT2D eigenvalue weighted by Crippen LogP contribution is 2.30. The predicted molar refractivity (Wildman–Crippen MR) is 106 cm³/mol. The Hall–Kier alpha value is -2.68. The van der Waals surface area contributed by atoms with Crippen molar-refractivity contribution in [2.75, 3.05) is 0 Å². The van der Waals surface area contributed by atoms with Crippen molar-refractivity contribution < 1.29 is 9.13 Å². The van der Waals surface area contributed by atoms with Crippen molar-refractivity contribution in [2.24, 2.45) is 5.92 Å². The Labute approximate surface area is 160 Å². The molecule has 0 saturated heterocycles. The summed E-state index contributed by atoms with van der Waals surface area (Å²) in [7, 11) is 0. The minimum Gasteiger partial charge on any atom is -0.473 e. The maximum absolute atomic E-state index is 14.4. The molecule has 1 atom stereocenters. The second-order valence-corrected chi connectivity index (χ2v) is 7.67. The van der Waals surface area contributed by atoms with Gasteiger partial charge in [0, 0.05) is 17.8 Å². The first-order valence-electron chi connectivity index (χ1n) is 9.47. The lowest BCUT2D eigenvalue weighted by molar-refractivity contribution is 0.288. The Morgan fingerprint density at radius 2 is 1.78 bits per heavy atom. The summed E-state index contributed by atoms with van der Waals surface area (Å²) in [6.45, 7) is 6.58. The zero-order valence-corrected chi connectivity index (χ0v) is 16.1. The molecule has 27 heavy (non-hydrogen) atoms. The predicted octanol–water partition coefficient (Wildman–Crippen LogP) is 5.82. The monoisotopic (exact) mass is 361 g/mol. The van der Waals surface area contributed by atoms with Crippen LogP contribution in [0.25, 0.3) is 11.1 Å². The van der Waals surface area contributed by atoms with Crippen molar-refractivity contribution in [3.05, 3.63) is 82.3 Å². The number of hydrogen-bond donors (Lipinski definition) is 0. The topological polar surface area (TPSA) is 22.1 Å². The van der Waals surface area contributed by atoms with Crippen LogP contribution < -0.4 is 4.74 Å². The van der Waals surface area contributed by atoms with Crippen molar-refractivity contribution in [3.8, 4) is 17.0 Å². The number of fused-ring (bicyclic) bond motifs is 1. The molecule has 3 aromatic rings. The molecule has 3 heteroatoms. The number of hydrogen-bond acceptors (Lipinski definition) is 2. The zero-order valence-electron chi connectivity index (χ0n) is 16.1. The van der Waals surface area contributed by atoms with Gasteiger partial charge in [-0.2, -0.15) is 0 Å². The molecule has 0 fully saturated rings. The van der Waals surface area contributed by atoms with E-state index < -0.39 is 0 Å². The normalized spacial score (nSPS) is 15.6. The lowest BCUT2D eigenvalue weighted by atomic mass is 9.94. The van der Waals surface area contributed by atoms with Gasteiger partial charge in [0.1, 0.15) is 12.4 Å². The molecule has 0 aliphatic heterocycles. The third kappa shape index (κ3) is 3.59. The highest BCUT2D eigenvalue weighted by molar-refractivity contribution is 5.71. The fraction of sp³-hybridized carbons (Fsp3) is 0.292. The Balaban J connectivity index is 1.57. The average molecular weight is 361 g/mol. The van der Waals surface area contributed by atoms with E-state index in [0.29, 0.717) is 17.4 Å². The van der Waals surface area contributed by atoms with Crippen LogP contribution in [0.3, 0.4) is 0 Å². The molecule has 1 aromatic heterocycles. The first kappa shape index (κ1) is 17.7. The van der Waals surface area contributed by atoms with Gasteiger partial charge in [0.2, 0.25) is 5.88 Å². The standard InChI is InChI=1S/C24H24FNO/c1-15-9-19-12-23(26-13-20(19)10-15)27-14-21-11-18(7-8-22(21)25)24-16(2)5-4-6-17(24)3/h4-8,11-13,15H,9-10,14H2,1-3H3. The molecule has 0 amide bonds. The molecular weight excluding hydrogens is 337 g/mol. The van der Waals surface area contributed by atoms with Crippen LogP contribution in [0.4, 0.5) is 4.39 Å². The highest BCUT2D eigenvalue weighted by atomic mass is 19.1. The van der Waals surface area contributed by atoms with Crippen molar-refractivity contribution >= 4 is 0 Å². The SMILES string of the molecule is Cc1cccc(C)c1-c1ccc(F)c(COc2cc3c(cn2)CC(C)C3)c1. The van der Waals surface area contributed by atoms with E-state index in [2.05, 4.69) is 37.9 Å². The number of nitrogens with zero attached hydrogens (tertiary/aromatic N) is 1. The van der Waals surface area contributed by atoms with Gasteiger partial charge < -0.3 is 4.74 Å². The lowest BCUT2D eigenvalue weighted by Crippen LogP contribution is -2.01. The van der Waals surface area contributed by atoms with E-state index in [1.54, 1.807) is 0 Å². The number of rotatable bonds is 4. The largest absolute Gasteiger partial charge is 0.473 e.